The summed E-state index contributed by atoms with van der Waals surface area (Å²) < 4.78 is 5.40. The Hall–Kier alpha value is -2.69. The van der Waals surface area contributed by atoms with Gasteiger partial charge in [0.25, 0.3) is 5.91 Å². The summed E-state index contributed by atoms with van der Waals surface area (Å²) in [5, 5.41) is 2.53. The van der Waals surface area contributed by atoms with E-state index < -0.39 is 11.6 Å². The molecule has 1 aromatic carbocycles. The maximum atomic E-state index is 12.3. The molecule has 0 spiro atoms. The summed E-state index contributed by atoms with van der Waals surface area (Å²) in [6, 6.07) is 12.9. The van der Waals surface area contributed by atoms with Crippen molar-refractivity contribution in [1.82, 2.24) is 10.3 Å². The van der Waals surface area contributed by atoms with E-state index in [2.05, 4.69) is 10.3 Å². The highest BCUT2D eigenvalue weighted by atomic mass is 16.6. The van der Waals surface area contributed by atoms with Crippen LogP contribution in [0.4, 0.5) is 0 Å². The standard InChI is InChI=1S/C19H22N2O3/c1-19(2,3)24-18(23)14-11-15(10-13-8-6-5-7-9-13)21-16(12-14)17(22)20-4/h5-9,11-12H,10H2,1-4H3,(H,20,22). The SMILES string of the molecule is CNC(=O)c1cc(C(=O)OC(C)(C)C)cc(Cc2ccccc2)n1. The van der Waals surface area contributed by atoms with Gasteiger partial charge >= 0.3 is 5.97 Å². The van der Waals surface area contributed by atoms with Crippen molar-refractivity contribution in [2.75, 3.05) is 7.05 Å². The number of esters is 1. The van der Waals surface area contributed by atoms with Crippen LogP contribution in [0.5, 0.6) is 0 Å². The van der Waals surface area contributed by atoms with E-state index in [4.69, 9.17) is 4.74 Å². The predicted molar refractivity (Wildman–Crippen MR) is 92.0 cm³/mol. The molecule has 0 aliphatic rings. The number of aromatic nitrogens is 1. The normalized spacial score (nSPS) is 11.0. The number of hydrogen-bond acceptors (Lipinski definition) is 4. The Kier molecular flexibility index (Phi) is 5.34. The third-order valence-electron chi connectivity index (χ3n) is 3.20. The van der Waals surface area contributed by atoms with Crippen molar-refractivity contribution < 1.29 is 14.3 Å². The van der Waals surface area contributed by atoms with Gasteiger partial charge < -0.3 is 10.1 Å². The Morgan fingerprint density at radius 3 is 2.38 bits per heavy atom. The molecule has 0 fully saturated rings. The van der Waals surface area contributed by atoms with E-state index in [1.165, 1.54) is 13.1 Å². The van der Waals surface area contributed by atoms with Crippen molar-refractivity contribution in [2.24, 2.45) is 0 Å². The van der Waals surface area contributed by atoms with Crippen molar-refractivity contribution in [1.29, 1.82) is 0 Å². The molecule has 0 aliphatic heterocycles. The third kappa shape index (κ3) is 4.91. The lowest BCUT2D eigenvalue weighted by Crippen LogP contribution is -2.25. The number of rotatable bonds is 4. The molecule has 1 heterocycles. The highest BCUT2D eigenvalue weighted by Crippen LogP contribution is 2.16. The minimum atomic E-state index is -0.604. The van der Waals surface area contributed by atoms with Crippen LogP contribution in [-0.2, 0) is 11.2 Å². The molecule has 126 valence electrons. The lowest BCUT2D eigenvalue weighted by Gasteiger charge is -2.20. The lowest BCUT2D eigenvalue weighted by atomic mass is 10.1. The number of hydrogen-bond donors (Lipinski definition) is 1. The van der Waals surface area contributed by atoms with Gasteiger partial charge in [0.1, 0.15) is 11.3 Å². The average Bonchev–Trinajstić information content (AvgIpc) is 2.53. The molecule has 0 saturated heterocycles. The molecule has 5 nitrogen and oxygen atoms in total. The topological polar surface area (TPSA) is 68.3 Å². The number of amides is 1. The molecule has 5 heteroatoms. The van der Waals surface area contributed by atoms with Gasteiger partial charge in [0, 0.05) is 19.2 Å². The summed E-state index contributed by atoms with van der Waals surface area (Å²) >= 11 is 0. The van der Waals surface area contributed by atoms with Crippen LogP contribution in [0.25, 0.3) is 0 Å². The quantitative estimate of drug-likeness (QED) is 0.877. The van der Waals surface area contributed by atoms with Crippen LogP contribution in [0.1, 0.15) is 52.9 Å². The Morgan fingerprint density at radius 2 is 1.79 bits per heavy atom. The molecular weight excluding hydrogens is 304 g/mol. The molecule has 0 atom stereocenters. The summed E-state index contributed by atoms with van der Waals surface area (Å²) in [6.45, 7) is 5.41. The third-order valence-corrected chi connectivity index (χ3v) is 3.20. The second-order valence-corrected chi connectivity index (χ2v) is 6.48. The minimum Gasteiger partial charge on any atom is -0.456 e. The van der Waals surface area contributed by atoms with Crippen LogP contribution in [0, 0.1) is 0 Å². The van der Waals surface area contributed by atoms with Gasteiger partial charge in [-0.1, -0.05) is 30.3 Å². The second kappa shape index (κ2) is 7.25. The molecule has 0 aliphatic carbocycles. The van der Waals surface area contributed by atoms with Crippen LogP contribution < -0.4 is 5.32 Å². The van der Waals surface area contributed by atoms with Crippen LogP contribution >= 0.6 is 0 Å². The zero-order chi connectivity index (χ0) is 17.7. The molecule has 0 saturated carbocycles. The van der Waals surface area contributed by atoms with E-state index in [9.17, 15) is 9.59 Å². The number of carbonyl (C=O) groups is 2. The maximum Gasteiger partial charge on any atom is 0.338 e. The molecule has 2 rings (SSSR count). The number of carbonyl (C=O) groups excluding carboxylic acids is 2. The largest absolute Gasteiger partial charge is 0.456 e. The van der Waals surface area contributed by atoms with E-state index in [1.54, 1.807) is 26.8 Å². The van der Waals surface area contributed by atoms with E-state index in [1.807, 2.05) is 30.3 Å². The van der Waals surface area contributed by atoms with Gasteiger partial charge in [-0.05, 0) is 38.5 Å². The van der Waals surface area contributed by atoms with E-state index in [0.29, 0.717) is 17.7 Å². The Morgan fingerprint density at radius 1 is 1.12 bits per heavy atom. The smallest absolute Gasteiger partial charge is 0.338 e. The monoisotopic (exact) mass is 326 g/mol. The average molecular weight is 326 g/mol. The molecule has 0 bridgehead atoms. The van der Waals surface area contributed by atoms with Gasteiger partial charge in [0.15, 0.2) is 0 Å². The van der Waals surface area contributed by atoms with Crippen molar-refractivity contribution in [3.05, 3.63) is 65.0 Å². The molecule has 0 unspecified atom stereocenters. The lowest BCUT2D eigenvalue weighted by molar-refractivity contribution is 0.00692. The summed E-state index contributed by atoms with van der Waals surface area (Å²) in [5.74, 6) is -0.806. The van der Waals surface area contributed by atoms with Gasteiger partial charge in [-0.2, -0.15) is 0 Å². The Bertz CT molecular complexity index is 734. The second-order valence-electron chi connectivity index (χ2n) is 6.48. The van der Waals surface area contributed by atoms with E-state index in [-0.39, 0.29) is 11.6 Å². The minimum absolute atomic E-state index is 0.201. The first kappa shape index (κ1) is 17.7. The first-order valence-electron chi connectivity index (χ1n) is 7.79. The molecule has 0 radical (unpaired) electrons. The van der Waals surface area contributed by atoms with E-state index >= 15 is 0 Å². The molecule has 2 aromatic rings. The van der Waals surface area contributed by atoms with Crippen LogP contribution in [0.3, 0.4) is 0 Å². The van der Waals surface area contributed by atoms with Crippen molar-refractivity contribution >= 4 is 11.9 Å². The highest BCUT2D eigenvalue weighted by molar-refractivity contribution is 5.96. The Labute approximate surface area is 142 Å². The van der Waals surface area contributed by atoms with Gasteiger partial charge in [0.2, 0.25) is 0 Å². The van der Waals surface area contributed by atoms with Crippen molar-refractivity contribution in [2.45, 2.75) is 32.8 Å². The van der Waals surface area contributed by atoms with Gasteiger partial charge in [-0.3, -0.25) is 4.79 Å². The summed E-state index contributed by atoms with van der Waals surface area (Å²) in [4.78, 5) is 28.7. The van der Waals surface area contributed by atoms with Gasteiger partial charge in [-0.25, -0.2) is 9.78 Å². The molecule has 1 aromatic heterocycles. The van der Waals surface area contributed by atoms with Crippen LogP contribution in [-0.4, -0.2) is 29.5 Å². The number of nitrogens with zero attached hydrogens (tertiary/aromatic N) is 1. The first-order valence-corrected chi connectivity index (χ1v) is 7.79. The van der Waals surface area contributed by atoms with Gasteiger partial charge in [0.05, 0.1) is 5.56 Å². The van der Waals surface area contributed by atoms with Crippen LogP contribution in [0.15, 0.2) is 42.5 Å². The number of benzene rings is 1. The fourth-order valence-electron chi connectivity index (χ4n) is 2.18. The fraction of sp³-hybridized carbons (Fsp3) is 0.316. The molecular formula is C19H22N2O3. The number of pyridine rings is 1. The van der Waals surface area contributed by atoms with Crippen LogP contribution in [0.2, 0.25) is 0 Å². The highest BCUT2D eigenvalue weighted by Gasteiger charge is 2.20. The Balaban J connectivity index is 2.38. The zero-order valence-corrected chi connectivity index (χ0v) is 14.4. The number of ether oxygens (including phenoxy) is 1. The number of nitrogens with one attached hydrogen (secondary N) is 1. The molecule has 1 amide bonds. The summed E-state index contributed by atoms with van der Waals surface area (Å²) in [6.07, 6.45) is 0.529. The van der Waals surface area contributed by atoms with Crippen molar-refractivity contribution in [3.8, 4) is 0 Å². The summed E-state index contributed by atoms with van der Waals surface area (Å²) in [7, 11) is 1.53. The fourth-order valence-corrected chi connectivity index (χ4v) is 2.18. The van der Waals surface area contributed by atoms with Crippen molar-refractivity contribution in [3.63, 3.8) is 0 Å². The predicted octanol–water partition coefficient (Wildman–Crippen LogP) is 2.99. The van der Waals surface area contributed by atoms with E-state index in [0.717, 1.165) is 5.56 Å². The molecule has 1 N–H and O–H groups in total. The maximum absolute atomic E-state index is 12.3. The van der Waals surface area contributed by atoms with Gasteiger partial charge in [-0.15, -0.1) is 0 Å². The first-order chi connectivity index (χ1) is 11.3. The summed E-state index contributed by atoms with van der Waals surface area (Å²) in [5.41, 5.74) is 1.61. The molecule has 24 heavy (non-hydrogen) atoms. The zero-order valence-electron chi connectivity index (χ0n) is 14.4.